The average Bonchev–Trinajstić information content (AvgIpc) is 3.56. The van der Waals surface area contributed by atoms with Crippen molar-refractivity contribution in [3.63, 3.8) is 0 Å². The number of alkyl halides is 9. The Bertz CT molecular complexity index is 2460. The molecule has 0 fully saturated rings. The maximum absolute atomic E-state index is 15.4. The van der Waals surface area contributed by atoms with Crippen LogP contribution in [0.1, 0.15) is 18.1 Å². The number of thioether (sulfide) groups is 2. The molecule has 3 aromatic carbocycles. The standard InChI is InChI=1S/C34H11F13N4OS2/c1-12-16(31(50-2)51-3)8-18-24(12)25(13-4-20(35)29(21(36)5-13)53-33(42,43)44)19-9-17(15(10-48)11-49)28(52-32(39,40)41)27(19)26(18)14-6-22(37)30(23(38)7-14)54-34(45,46)47/h4-7H,8-9H2,1H3. The van der Waals surface area contributed by atoms with Crippen LogP contribution in [0.2, 0.25) is 0 Å². The number of hydrogen-bond donors (Lipinski definition) is 0. The van der Waals surface area contributed by atoms with E-state index < -0.39 is 143 Å². The van der Waals surface area contributed by atoms with Gasteiger partial charge in [-0.3, -0.25) is 0 Å². The zero-order chi connectivity index (χ0) is 40.2. The molecule has 20 heteroatoms. The van der Waals surface area contributed by atoms with Crippen LogP contribution in [0.3, 0.4) is 0 Å². The van der Waals surface area contributed by atoms with Crippen molar-refractivity contribution in [1.29, 1.82) is 10.5 Å². The fraction of sp³-hybridized carbons (Fsp3) is 0.176. The summed E-state index contributed by atoms with van der Waals surface area (Å²) in [6.45, 7) is 16.2. The number of rotatable bonds is 5. The maximum Gasteiger partial charge on any atom is 0.573 e. The highest BCUT2D eigenvalue weighted by molar-refractivity contribution is 8.00. The minimum Gasteiger partial charge on any atom is -0.405 e. The van der Waals surface area contributed by atoms with Crippen molar-refractivity contribution in [3.8, 4) is 34.4 Å². The third-order valence-electron chi connectivity index (χ3n) is 7.98. The van der Waals surface area contributed by atoms with Crippen molar-refractivity contribution < 1.29 is 61.8 Å². The molecular weight excluding hydrogens is 792 g/mol. The van der Waals surface area contributed by atoms with Gasteiger partial charge in [-0.05, 0) is 105 Å². The average molecular weight is 803 g/mol. The molecule has 54 heavy (non-hydrogen) atoms. The van der Waals surface area contributed by atoms with Crippen LogP contribution in [0.15, 0.2) is 56.6 Å². The number of allylic oxidation sites excluding steroid dienone is 2. The number of halogens is 13. The van der Waals surface area contributed by atoms with Crippen molar-refractivity contribution in [1.82, 2.24) is 0 Å². The predicted octanol–water partition coefficient (Wildman–Crippen LogP) is 10.1. The quantitative estimate of drug-likeness (QED) is 0.111. The first kappa shape index (κ1) is 39.6. The van der Waals surface area contributed by atoms with Crippen molar-refractivity contribution in [2.75, 3.05) is 0 Å². The molecule has 5 rings (SSSR count). The molecule has 276 valence electrons. The van der Waals surface area contributed by atoms with Gasteiger partial charge in [0.25, 0.3) is 0 Å². The summed E-state index contributed by atoms with van der Waals surface area (Å²) >= 11 is -2.34. The monoisotopic (exact) mass is 802 g/mol. The Hall–Kier alpha value is -5.57. The smallest absolute Gasteiger partial charge is 0.405 e. The predicted molar refractivity (Wildman–Crippen MR) is 166 cm³/mol. The molecule has 0 amide bonds. The first-order chi connectivity index (χ1) is 25.0. The van der Waals surface area contributed by atoms with Crippen LogP contribution in [0, 0.1) is 59.1 Å². The molecule has 0 radical (unpaired) electrons. The summed E-state index contributed by atoms with van der Waals surface area (Å²) in [7, 11) is 0. The van der Waals surface area contributed by atoms with Crippen LogP contribution < -0.4 is 10.4 Å². The molecule has 0 aromatic heterocycles. The second-order valence-electron chi connectivity index (χ2n) is 11.0. The van der Waals surface area contributed by atoms with Crippen molar-refractivity contribution in [2.24, 2.45) is 0 Å². The van der Waals surface area contributed by atoms with E-state index in [0.717, 1.165) is 0 Å². The summed E-state index contributed by atoms with van der Waals surface area (Å²) in [6, 6.07) is 4.21. The summed E-state index contributed by atoms with van der Waals surface area (Å²) < 4.78 is 187. The summed E-state index contributed by atoms with van der Waals surface area (Å²) in [5.74, 6) is -9.26. The molecule has 0 aliphatic heterocycles. The summed E-state index contributed by atoms with van der Waals surface area (Å²) in [6.07, 6.45) is -7.19. The summed E-state index contributed by atoms with van der Waals surface area (Å²) in [4.78, 5) is 3.15. The minimum atomic E-state index is -5.64. The topological polar surface area (TPSA) is 65.5 Å². The zero-order valence-corrected chi connectivity index (χ0v) is 27.8. The largest absolute Gasteiger partial charge is 0.573 e. The molecular formula is C34H11F13N4OS2. The van der Waals surface area contributed by atoms with E-state index in [1.165, 1.54) is 19.1 Å². The number of ether oxygens (including phenoxy) is 1. The van der Waals surface area contributed by atoms with Crippen molar-refractivity contribution in [3.05, 3.63) is 114 Å². The van der Waals surface area contributed by atoms with Crippen molar-refractivity contribution >= 4 is 34.9 Å². The molecule has 0 saturated heterocycles. The second-order valence-corrected chi connectivity index (χ2v) is 13.2. The normalized spacial score (nSPS) is 13.9. The van der Waals surface area contributed by atoms with Gasteiger partial charge in [0.15, 0.2) is 0 Å². The van der Waals surface area contributed by atoms with E-state index in [1.54, 1.807) is 0 Å². The van der Waals surface area contributed by atoms with Gasteiger partial charge in [0.1, 0.15) is 59.9 Å². The molecule has 0 atom stereocenters. The SMILES string of the molecule is [C-]#[N+]C([N+]#[C-])=C1Cc2c(-c3cc(F)c(SC(F)(F)F)c(F)c3)c3c(c(-c4cc(F)c(SC(F)(F)F)c(F)c4)c2=C1C)CC(=C(C#N)C#N)C=3OC(F)(F)F. The van der Waals surface area contributed by atoms with Gasteiger partial charge in [0, 0.05) is 17.2 Å². The minimum absolute atomic E-state index is 0.0673. The highest BCUT2D eigenvalue weighted by Crippen LogP contribution is 2.45. The molecule has 0 unspecified atom stereocenters. The number of fused-ring (bicyclic) bond motifs is 2. The summed E-state index contributed by atoms with van der Waals surface area (Å²) in [5, 5.41) is 18.3. The van der Waals surface area contributed by atoms with E-state index in [0.29, 0.717) is 24.3 Å². The number of nitriles is 2. The van der Waals surface area contributed by atoms with Crippen LogP contribution >= 0.6 is 23.5 Å². The van der Waals surface area contributed by atoms with Crippen LogP contribution in [-0.2, 0) is 17.6 Å². The highest BCUT2D eigenvalue weighted by Gasteiger charge is 2.41. The zero-order valence-electron chi connectivity index (χ0n) is 26.2. The first-order valence-electron chi connectivity index (χ1n) is 14.2. The van der Waals surface area contributed by atoms with Crippen LogP contribution in [0.4, 0.5) is 57.1 Å². The Kier molecular flexibility index (Phi) is 10.3. The van der Waals surface area contributed by atoms with Gasteiger partial charge in [0.2, 0.25) is 0 Å². The van der Waals surface area contributed by atoms with Gasteiger partial charge in [-0.2, -0.15) is 46.6 Å². The molecule has 2 aliphatic carbocycles. The Morgan fingerprint density at radius 1 is 0.685 bits per heavy atom. The van der Waals surface area contributed by atoms with Gasteiger partial charge >= 0.3 is 23.2 Å². The van der Waals surface area contributed by atoms with E-state index in [1.807, 2.05) is 0 Å². The van der Waals surface area contributed by atoms with E-state index in [-0.39, 0.29) is 21.9 Å². The second kappa shape index (κ2) is 14.0. The molecule has 0 bridgehead atoms. The van der Waals surface area contributed by atoms with E-state index in [4.69, 9.17) is 13.1 Å². The van der Waals surface area contributed by atoms with Crippen LogP contribution in [-0.4, -0.2) is 17.4 Å². The molecule has 2 aliphatic rings. The lowest BCUT2D eigenvalue weighted by Crippen LogP contribution is -2.26. The van der Waals surface area contributed by atoms with Gasteiger partial charge in [-0.15, -0.1) is 13.2 Å². The number of hydrogen-bond acceptors (Lipinski definition) is 5. The maximum atomic E-state index is 15.4. The Balaban J connectivity index is 2.11. The first-order valence-corrected chi connectivity index (χ1v) is 15.9. The molecule has 0 saturated carbocycles. The van der Waals surface area contributed by atoms with Crippen molar-refractivity contribution in [2.45, 2.75) is 46.9 Å². The molecule has 0 N–H and O–H groups in total. The van der Waals surface area contributed by atoms with E-state index in [2.05, 4.69) is 14.4 Å². The molecule has 5 nitrogen and oxygen atoms in total. The van der Waals surface area contributed by atoms with E-state index in [9.17, 15) is 50.0 Å². The number of benzene rings is 3. The van der Waals surface area contributed by atoms with Gasteiger partial charge in [-0.1, -0.05) is 0 Å². The van der Waals surface area contributed by atoms with Crippen LogP contribution in [0.25, 0.3) is 43.3 Å². The Morgan fingerprint density at radius 2 is 1.07 bits per heavy atom. The third kappa shape index (κ3) is 7.45. The Labute approximate surface area is 302 Å². The fourth-order valence-corrected chi connectivity index (χ4v) is 7.30. The highest BCUT2D eigenvalue weighted by atomic mass is 32.2. The van der Waals surface area contributed by atoms with Crippen LogP contribution in [0.5, 0.6) is 0 Å². The van der Waals surface area contributed by atoms with E-state index >= 15 is 17.6 Å². The number of nitrogens with zero attached hydrogens (tertiary/aromatic N) is 4. The third-order valence-corrected chi connectivity index (χ3v) is 9.63. The lowest BCUT2D eigenvalue weighted by atomic mass is 9.86. The fourth-order valence-electron chi connectivity index (χ4n) is 6.21. The Morgan fingerprint density at radius 3 is 1.44 bits per heavy atom. The molecule has 0 heterocycles. The van der Waals surface area contributed by atoms with Gasteiger partial charge in [-0.25, -0.2) is 17.6 Å². The van der Waals surface area contributed by atoms with Gasteiger partial charge < -0.3 is 4.74 Å². The summed E-state index contributed by atoms with van der Waals surface area (Å²) in [5.41, 5.74) is -15.7. The molecule has 3 aromatic rings. The molecule has 0 spiro atoms. The lowest BCUT2D eigenvalue weighted by Gasteiger charge is -2.18. The van der Waals surface area contributed by atoms with Gasteiger partial charge in [0.05, 0.1) is 15.4 Å². The lowest BCUT2D eigenvalue weighted by molar-refractivity contribution is -0.290.